The van der Waals surface area contributed by atoms with Crippen LogP contribution in [0.1, 0.15) is 34.9 Å². The molecule has 0 fully saturated rings. The summed E-state index contributed by atoms with van der Waals surface area (Å²) in [6.07, 6.45) is 6.17. The van der Waals surface area contributed by atoms with Crippen molar-refractivity contribution in [2.75, 3.05) is 26.2 Å². The van der Waals surface area contributed by atoms with Gasteiger partial charge in [0.05, 0.1) is 58.7 Å². The van der Waals surface area contributed by atoms with Gasteiger partial charge in [0.1, 0.15) is 0 Å². The summed E-state index contributed by atoms with van der Waals surface area (Å²) in [6, 6.07) is 19.0. The van der Waals surface area contributed by atoms with Gasteiger partial charge in [-0.05, 0) is 48.5 Å². The second kappa shape index (κ2) is 22.0. The largest absolute Gasteiger partial charge is 4.00 e. The maximum atomic E-state index is 11.0. The van der Waals surface area contributed by atoms with Gasteiger partial charge in [0.2, 0.25) is 0 Å². The van der Waals surface area contributed by atoms with Crippen molar-refractivity contribution in [1.82, 2.24) is 29.7 Å². The Balaban J connectivity index is 0.000000846. The van der Waals surface area contributed by atoms with Gasteiger partial charge in [0.15, 0.2) is 0 Å². The van der Waals surface area contributed by atoms with Crippen LogP contribution in [0.5, 0.6) is 0 Å². The van der Waals surface area contributed by atoms with Crippen LogP contribution in [0.25, 0.3) is 0 Å². The fourth-order valence-corrected chi connectivity index (χ4v) is 4.34. The van der Waals surface area contributed by atoms with E-state index >= 15 is 0 Å². The van der Waals surface area contributed by atoms with E-state index in [-0.39, 0.29) is 39.6 Å². The summed E-state index contributed by atoms with van der Waals surface area (Å²) in [6.45, 7) is -2.31. The molecule has 0 aliphatic heterocycles. The van der Waals surface area contributed by atoms with Crippen LogP contribution in [0.15, 0.2) is 97.6 Å². The van der Waals surface area contributed by atoms with E-state index in [2.05, 4.69) is 19.9 Å². The van der Waals surface area contributed by atoms with Crippen molar-refractivity contribution in [3.05, 3.63) is 120 Å². The molecule has 0 saturated carbocycles. The van der Waals surface area contributed by atoms with Gasteiger partial charge in [-0.2, -0.15) is 0 Å². The van der Waals surface area contributed by atoms with Gasteiger partial charge < -0.3 is 45.1 Å². The Hall–Kier alpha value is -4.60. The van der Waals surface area contributed by atoms with E-state index in [1.165, 1.54) is 9.80 Å². The van der Waals surface area contributed by atoms with Crippen LogP contribution in [0.4, 0.5) is 0 Å². The zero-order chi connectivity index (χ0) is 31.9. The van der Waals surface area contributed by atoms with Gasteiger partial charge in [0, 0.05) is 51.0 Å². The number of carboxylic acids is 4. The Morgan fingerprint density at radius 3 is 0.830 bits per heavy atom. The predicted octanol–water partition coefficient (Wildman–Crippen LogP) is -3.39. The normalized spacial score (nSPS) is 10.1. The average molecular weight is 726 g/mol. The molecule has 4 rings (SSSR count). The number of nitrogens with zero attached hydrogens (tertiary/aromatic N) is 6. The first-order valence-electron chi connectivity index (χ1n) is 13.1. The van der Waals surface area contributed by atoms with Crippen molar-refractivity contribution < 1.29 is 79.2 Å². The first kappa shape index (κ1) is 42.4. The summed E-state index contributed by atoms with van der Waals surface area (Å²) in [5.74, 6) is -5.56. The third-order valence-corrected chi connectivity index (χ3v) is 5.93. The van der Waals surface area contributed by atoms with E-state index in [1.807, 2.05) is 0 Å². The molecule has 0 N–H and O–H groups in total. The molecule has 0 atom stereocenters. The van der Waals surface area contributed by atoms with Crippen molar-refractivity contribution in [1.29, 1.82) is 0 Å². The Morgan fingerprint density at radius 1 is 0.468 bits per heavy atom. The van der Waals surface area contributed by atoms with Gasteiger partial charge in [-0.3, -0.25) is 29.7 Å². The van der Waals surface area contributed by atoms with Crippen LogP contribution in [0.2, 0.25) is 0 Å². The quantitative estimate of drug-likeness (QED) is 0.115. The molecule has 0 saturated heterocycles. The molecule has 0 aliphatic rings. The zero-order valence-corrected chi connectivity index (χ0v) is 26.5. The molecule has 0 unspecified atom stereocenters. The molecular formula is C30H26Fe2N6O9+2. The van der Waals surface area contributed by atoms with Gasteiger partial charge in [0.25, 0.3) is 0 Å². The molecule has 0 amide bonds. The third kappa shape index (κ3) is 14.1. The Kier molecular flexibility index (Phi) is 19.9. The van der Waals surface area contributed by atoms with Crippen molar-refractivity contribution in [2.24, 2.45) is 0 Å². The van der Waals surface area contributed by atoms with E-state index in [4.69, 9.17) is 0 Å². The molecule has 4 aromatic heterocycles. The molecule has 4 aromatic rings. The fourth-order valence-electron chi connectivity index (χ4n) is 4.34. The topological polar surface area (TPSA) is 247 Å². The van der Waals surface area contributed by atoms with Crippen molar-refractivity contribution in [3.63, 3.8) is 0 Å². The van der Waals surface area contributed by atoms with Crippen LogP contribution in [0.3, 0.4) is 0 Å². The minimum Gasteiger partial charge on any atom is -2.00 e. The van der Waals surface area contributed by atoms with Crippen molar-refractivity contribution in [2.45, 2.75) is 12.1 Å². The number of carbonyl (C=O) groups excluding carboxylic acids is 4. The van der Waals surface area contributed by atoms with Crippen molar-refractivity contribution >= 4 is 23.9 Å². The predicted molar refractivity (Wildman–Crippen MR) is 144 cm³/mol. The van der Waals surface area contributed by atoms with Crippen LogP contribution in [-0.4, -0.2) is 79.8 Å². The van der Waals surface area contributed by atoms with E-state index in [1.54, 1.807) is 97.6 Å². The number of pyridine rings is 4. The number of aliphatic carboxylic acids is 4. The summed E-state index contributed by atoms with van der Waals surface area (Å²) in [4.78, 5) is 62.9. The third-order valence-electron chi connectivity index (χ3n) is 5.93. The number of rotatable bonds is 14. The van der Waals surface area contributed by atoms with E-state index in [9.17, 15) is 39.6 Å². The summed E-state index contributed by atoms with van der Waals surface area (Å²) in [5, 5.41) is 43.8. The number of hydrogen-bond acceptors (Lipinski definition) is 14. The first-order valence-corrected chi connectivity index (χ1v) is 13.1. The minimum absolute atomic E-state index is 0. The molecule has 0 spiro atoms. The molecule has 0 bridgehead atoms. The van der Waals surface area contributed by atoms with E-state index in [0.717, 1.165) is 0 Å². The summed E-state index contributed by atoms with van der Waals surface area (Å²) in [5.41, 5.74) is 1.96. The maximum absolute atomic E-state index is 11.0. The zero-order valence-electron chi connectivity index (χ0n) is 24.3. The molecule has 4 heterocycles. The monoisotopic (exact) mass is 726 g/mol. The summed E-state index contributed by atoms with van der Waals surface area (Å²) < 4.78 is 0. The standard InChI is InChI=1S/2C15H15N3O4.2Fe.O/c2*19-13(20)9-18(10-14(21)22)15(11-5-1-3-7-16-11)12-6-2-4-8-17-12;;;/h2*1-8,15H,9-10H2,(H,19,20)(H,21,22);;;/q;;2*+4;-2/p-4. The summed E-state index contributed by atoms with van der Waals surface area (Å²) in [7, 11) is 0. The molecule has 17 heteroatoms. The van der Waals surface area contributed by atoms with Crippen LogP contribution >= 0.6 is 0 Å². The van der Waals surface area contributed by atoms with Gasteiger partial charge in [-0.25, -0.2) is 0 Å². The SMILES string of the molecule is O=C([O-])CN(CC(=O)[O-])C(c1ccccn1)c1ccccn1.O=C([O-])CN(CC(=O)[O-])C(c1ccccn1)c1ccccn1.[Fe+4].[Fe+4].[O-2]. The molecule has 0 radical (unpaired) electrons. The second-order valence-corrected chi connectivity index (χ2v) is 9.12. The van der Waals surface area contributed by atoms with E-state index < -0.39 is 62.1 Å². The maximum Gasteiger partial charge on any atom is 4.00 e. The molecule has 0 aromatic carbocycles. The van der Waals surface area contributed by atoms with Crippen LogP contribution < -0.4 is 20.4 Å². The molecule has 0 aliphatic carbocycles. The Morgan fingerprint density at radius 2 is 0.681 bits per heavy atom. The average Bonchev–Trinajstić information content (AvgIpc) is 2.99. The minimum atomic E-state index is -1.39. The Labute approximate surface area is 290 Å². The smallest absolute Gasteiger partial charge is 2.00 e. The Bertz CT molecular complexity index is 1290. The van der Waals surface area contributed by atoms with Crippen LogP contribution in [0, 0.1) is 0 Å². The summed E-state index contributed by atoms with van der Waals surface area (Å²) >= 11 is 0. The first-order chi connectivity index (χ1) is 21.2. The number of carboxylic acid groups (broad SMARTS) is 4. The second-order valence-electron chi connectivity index (χ2n) is 9.12. The number of carbonyl (C=O) groups is 4. The van der Waals surface area contributed by atoms with Gasteiger partial charge >= 0.3 is 34.1 Å². The number of aromatic nitrogens is 4. The fraction of sp³-hybridized carbons (Fsp3) is 0.200. The van der Waals surface area contributed by atoms with Crippen molar-refractivity contribution in [3.8, 4) is 0 Å². The van der Waals surface area contributed by atoms with Gasteiger partial charge in [-0.15, -0.1) is 0 Å². The molecule has 244 valence electrons. The molecule has 47 heavy (non-hydrogen) atoms. The van der Waals surface area contributed by atoms with Gasteiger partial charge in [-0.1, -0.05) is 24.3 Å². The number of hydrogen-bond donors (Lipinski definition) is 0. The van der Waals surface area contributed by atoms with Crippen LogP contribution in [-0.2, 0) is 58.8 Å². The van der Waals surface area contributed by atoms with E-state index in [0.29, 0.717) is 22.8 Å². The molecule has 15 nitrogen and oxygen atoms in total. The molecular weight excluding hydrogens is 700 g/mol.